The zero-order chi connectivity index (χ0) is 27.2. The van der Waals surface area contributed by atoms with Crippen molar-refractivity contribution in [3.63, 3.8) is 0 Å². The van der Waals surface area contributed by atoms with Gasteiger partial charge < -0.3 is 0 Å². The number of hydrogen-bond donors (Lipinski definition) is 0. The van der Waals surface area contributed by atoms with Crippen molar-refractivity contribution in [1.29, 1.82) is 0 Å². The highest BCUT2D eigenvalue weighted by Crippen LogP contribution is 2.34. The summed E-state index contributed by atoms with van der Waals surface area (Å²) < 4.78 is 58.5. The first kappa shape index (κ1) is 27.1. The van der Waals surface area contributed by atoms with E-state index in [9.17, 15) is 22.0 Å². The summed E-state index contributed by atoms with van der Waals surface area (Å²) >= 11 is 7.95. The van der Waals surface area contributed by atoms with Crippen LogP contribution in [-0.4, -0.2) is 53.0 Å². The van der Waals surface area contributed by atoms with Crippen LogP contribution >= 0.6 is 34.3 Å². The second-order valence-corrected chi connectivity index (χ2v) is 14.0. The number of aryl methyl sites for hydroxylation is 2. The van der Waals surface area contributed by atoms with E-state index in [-0.39, 0.29) is 38.6 Å². The van der Waals surface area contributed by atoms with Gasteiger partial charge in [0.1, 0.15) is 15.5 Å². The van der Waals surface area contributed by atoms with E-state index in [1.165, 1.54) is 27.4 Å². The molecule has 1 atom stereocenters. The number of rotatable bonds is 7. The Bertz CT molecular complexity index is 1620. The van der Waals surface area contributed by atoms with Crippen LogP contribution in [-0.2, 0) is 21.4 Å². The summed E-state index contributed by atoms with van der Waals surface area (Å²) in [4.78, 5) is 19.7. The molecule has 1 unspecified atom stereocenters. The van der Waals surface area contributed by atoms with Crippen LogP contribution in [0, 0.1) is 31.4 Å². The second-order valence-electron chi connectivity index (χ2n) is 9.13. The molecule has 1 amide bonds. The molecule has 0 spiro atoms. The summed E-state index contributed by atoms with van der Waals surface area (Å²) in [7, 11) is -3.81. The summed E-state index contributed by atoms with van der Waals surface area (Å²) in [5.41, 5.74) is 1.73. The Balaban J connectivity index is 1.45. The molecule has 1 aliphatic heterocycles. The molecule has 4 aromatic rings. The molecule has 202 valence electrons. The maximum atomic E-state index is 14.4. The summed E-state index contributed by atoms with van der Waals surface area (Å²) in [6.45, 7) is 4.59. The second kappa shape index (κ2) is 10.6. The molecule has 1 aromatic carbocycles. The van der Waals surface area contributed by atoms with Gasteiger partial charge in [-0.1, -0.05) is 22.9 Å². The number of aromatic nitrogens is 3. The molecule has 1 saturated heterocycles. The fraction of sp³-hybridized carbons (Fsp3) is 0.375. The predicted octanol–water partition coefficient (Wildman–Crippen LogP) is 5.24. The lowest BCUT2D eigenvalue weighted by molar-refractivity contribution is -0.123. The van der Waals surface area contributed by atoms with E-state index >= 15 is 0 Å². The van der Waals surface area contributed by atoms with Gasteiger partial charge in [-0.15, -0.1) is 11.3 Å². The molecule has 4 heterocycles. The standard InChI is InChI=1S/C24H24ClF2N5O3S3/c1-14-10-15(2)32(29-14)9-8-31(24-28-22-18(27)11-17(26)12-19(22)36-24)23(33)16-4-3-7-30(13-16)38(34,35)21-6-5-20(25)37-21/h5-6,10-12,16H,3-4,7-9,13H2,1-2H3. The first-order valence-corrected chi connectivity index (χ1v) is 15.3. The zero-order valence-corrected chi connectivity index (χ0v) is 23.7. The van der Waals surface area contributed by atoms with Crippen molar-refractivity contribution in [2.24, 2.45) is 5.92 Å². The minimum absolute atomic E-state index is 0.000968. The third kappa shape index (κ3) is 5.34. The quantitative estimate of drug-likeness (QED) is 0.290. The summed E-state index contributed by atoms with van der Waals surface area (Å²) in [5.74, 6) is -2.50. The topological polar surface area (TPSA) is 88.4 Å². The third-order valence-corrected chi connectivity index (χ3v) is 11.0. The Kier molecular flexibility index (Phi) is 7.57. The van der Waals surface area contributed by atoms with Gasteiger partial charge in [-0.2, -0.15) is 9.40 Å². The largest absolute Gasteiger partial charge is 0.286 e. The van der Waals surface area contributed by atoms with E-state index in [1.807, 2.05) is 19.9 Å². The Morgan fingerprint density at radius 2 is 2.00 bits per heavy atom. The monoisotopic (exact) mass is 599 g/mol. The van der Waals surface area contributed by atoms with Crippen molar-refractivity contribution in [2.45, 2.75) is 37.4 Å². The number of fused-ring (bicyclic) bond motifs is 1. The summed E-state index contributed by atoms with van der Waals surface area (Å²) in [6.07, 6.45) is 0.986. The van der Waals surface area contributed by atoms with Gasteiger partial charge in [0.15, 0.2) is 10.9 Å². The molecule has 0 radical (unpaired) electrons. The number of benzene rings is 1. The molecule has 38 heavy (non-hydrogen) atoms. The Labute approximate surface area is 231 Å². The number of hydrogen-bond acceptors (Lipinski definition) is 7. The average Bonchev–Trinajstić information content (AvgIpc) is 3.58. The summed E-state index contributed by atoms with van der Waals surface area (Å²) in [6, 6.07) is 6.85. The zero-order valence-electron chi connectivity index (χ0n) is 20.5. The van der Waals surface area contributed by atoms with Crippen molar-refractivity contribution in [2.75, 3.05) is 24.5 Å². The van der Waals surface area contributed by atoms with E-state index < -0.39 is 27.6 Å². The van der Waals surface area contributed by atoms with E-state index in [1.54, 1.807) is 4.68 Å². The first-order chi connectivity index (χ1) is 18.0. The lowest BCUT2D eigenvalue weighted by atomic mass is 9.98. The number of carbonyl (C=O) groups is 1. The number of anilines is 1. The number of halogens is 3. The highest BCUT2D eigenvalue weighted by Gasteiger charge is 2.37. The Hall–Kier alpha value is -2.45. The number of sulfonamides is 1. The van der Waals surface area contributed by atoms with Gasteiger partial charge in [-0.3, -0.25) is 14.4 Å². The molecule has 5 rings (SSSR count). The van der Waals surface area contributed by atoms with Crippen molar-refractivity contribution < 1.29 is 22.0 Å². The molecule has 0 N–H and O–H groups in total. The fourth-order valence-corrected chi connectivity index (χ4v) is 8.80. The maximum absolute atomic E-state index is 14.4. The SMILES string of the molecule is Cc1cc(C)n(CCN(C(=O)C2CCCN(S(=O)(=O)c3ccc(Cl)s3)C2)c2nc3c(F)cc(F)cc3s2)n1. The maximum Gasteiger partial charge on any atom is 0.252 e. The van der Waals surface area contributed by atoms with Gasteiger partial charge in [-0.25, -0.2) is 22.2 Å². The van der Waals surface area contributed by atoms with Crippen LogP contribution in [0.5, 0.6) is 0 Å². The van der Waals surface area contributed by atoms with Crippen molar-refractivity contribution in [1.82, 2.24) is 19.1 Å². The smallest absolute Gasteiger partial charge is 0.252 e. The van der Waals surface area contributed by atoms with Crippen LogP contribution in [0.1, 0.15) is 24.2 Å². The van der Waals surface area contributed by atoms with Crippen LogP contribution < -0.4 is 4.90 Å². The number of nitrogens with zero attached hydrogens (tertiary/aromatic N) is 5. The van der Waals surface area contributed by atoms with Gasteiger partial charge in [0.25, 0.3) is 10.0 Å². The highest BCUT2D eigenvalue weighted by atomic mass is 35.5. The molecular formula is C24H24ClF2N5O3S3. The van der Waals surface area contributed by atoms with Gasteiger partial charge >= 0.3 is 0 Å². The van der Waals surface area contributed by atoms with E-state index in [0.717, 1.165) is 40.1 Å². The van der Waals surface area contributed by atoms with Gasteiger partial charge in [0, 0.05) is 31.4 Å². The summed E-state index contributed by atoms with van der Waals surface area (Å²) in [5, 5.41) is 4.67. The molecule has 0 saturated carbocycles. The normalized spacial score (nSPS) is 16.8. The number of thiophene rings is 1. The van der Waals surface area contributed by atoms with Gasteiger partial charge in [-0.05, 0) is 51.0 Å². The molecule has 0 aliphatic carbocycles. The van der Waals surface area contributed by atoms with Crippen LogP contribution in [0.3, 0.4) is 0 Å². The van der Waals surface area contributed by atoms with Crippen molar-refractivity contribution in [3.8, 4) is 0 Å². The van der Waals surface area contributed by atoms with Crippen molar-refractivity contribution in [3.05, 3.63) is 57.7 Å². The van der Waals surface area contributed by atoms with Crippen LogP contribution in [0.25, 0.3) is 10.2 Å². The Morgan fingerprint density at radius 3 is 2.68 bits per heavy atom. The average molecular weight is 600 g/mol. The predicted molar refractivity (Wildman–Crippen MR) is 144 cm³/mol. The molecule has 0 bridgehead atoms. The molecule has 1 fully saturated rings. The first-order valence-electron chi connectivity index (χ1n) is 11.9. The lowest BCUT2D eigenvalue weighted by Crippen LogP contribution is -2.47. The van der Waals surface area contributed by atoms with E-state index in [2.05, 4.69) is 10.1 Å². The number of amides is 1. The van der Waals surface area contributed by atoms with Gasteiger partial charge in [0.05, 0.1) is 27.2 Å². The van der Waals surface area contributed by atoms with E-state index in [0.29, 0.717) is 30.3 Å². The molecule has 1 aliphatic rings. The number of thiazole rings is 1. The minimum atomic E-state index is -3.81. The van der Waals surface area contributed by atoms with Crippen molar-refractivity contribution >= 4 is 65.6 Å². The van der Waals surface area contributed by atoms with Crippen LogP contribution in [0.15, 0.2) is 34.5 Å². The fourth-order valence-electron chi connectivity index (χ4n) is 4.60. The molecular weight excluding hydrogens is 576 g/mol. The molecule has 8 nitrogen and oxygen atoms in total. The van der Waals surface area contributed by atoms with Crippen LogP contribution in [0.2, 0.25) is 4.34 Å². The number of piperidine rings is 1. The lowest BCUT2D eigenvalue weighted by Gasteiger charge is -2.33. The van der Waals surface area contributed by atoms with Crippen LogP contribution in [0.4, 0.5) is 13.9 Å². The third-order valence-electron chi connectivity index (χ3n) is 6.41. The molecule has 3 aromatic heterocycles. The van der Waals surface area contributed by atoms with E-state index in [4.69, 9.17) is 11.6 Å². The number of carbonyl (C=O) groups excluding carboxylic acids is 1. The van der Waals surface area contributed by atoms with Gasteiger partial charge in [0.2, 0.25) is 5.91 Å². The minimum Gasteiger partial charge on any atom is -0.286 e. The Morgan fingerprint density at radius 1 is 1.21 bits per heavy atom. The highest BCUT2D eigenvalue weighted by molar-refractivity contribution is 7.91. The molecule has 14 heteroatoms.